The van der Waals surface area contributed by atoms with Crippen molar-refractivity contribution in [3.8, 4) is 11.3 Å². The molecule has 0 fully saturated rings. The van der Waals surface area contributed by atoms with Gasteiger partial charge in [-0.2, -0.15) is 5.10 Å². The number of benzene rings is 3. The highest BCUT2D eigenvalue weighted by atomic mass is 19.1. The van der Waals surface area contributed by atoms with Crippen molar-refractivity contribution in [2.24, 2.45) is 0 Å². The first-order chi connectivity index (χ1) is 12.6. The summed E-state index contributed by atoms with van der Waals surface area (Å²) in [6, 6.07) is 19.1. The first-order valence-electron chi connectivity index (χ1n) is 8.46. The van der Waals surface area contributed by atoms with Gasteiger partial charge in [0.15, 0.2) is 0 Å². The molecule has 0 aliphatic rings. The zero-order chi connectivity index (χ0) is 18.1. The van der Waals surface area contributed by atoms with Crippen molar-refractivity contribution >= 4 is 22.1 Å². The number of aromatic nitrogens is 2. The van der Waals surface area contributed by atoms with Gasteiger partial charge in [-0.05, 0) is 73.5 Å². The number of fused-ring (bicyclic) bond motifs is 1. The van der Waals surface area contributed by atoms with E-state index in [2.05, 4.69) is 40.6 Å². The molecule has 1 N–H and O–H groups in total. The lowest BCUT2D eigenvalue weighted by atomic mass is 10.0. The predicted octanol–water partition coefficient (Wildman–Crippen LogP) is 5.80. The summed E-state index contributed by atoms with van der Waals surface area (Å²) in [7, 11) is 0. The molecule has 0 saturated heterocycles. The SMILES string of the molecule is Cc1cccc(Nc2ccc3c(-c4ccc(F)cc4C)nncc3c2)c1. The fraction of sp³-hybridized carbons (Fsp3) is 0.0909. The average Bonchev–Trinajstić information content (AvgIpc) is 2.61. The Morgan fingerprint density at radius 2 is 1.73 bits per heavy atom. The monoisotopic (exact) mass is 343 g/mol. The molecule has 0 bridgehead atoms. The summed E-state index contributed by atoms with van der Waals surface area (Å²) in [5.41, 5.74) is 5.73. The normalized spacial score (nSPS) is 10.9. The molecule has 0 aliphatic heterocycles. The molecule has 0 spiro atoms. The highest BCUT2D eigenvalue weighted by Gasteiger charge is 2.10. The topological polar surface area (TPSA) is 37.8 Å². The Balaban J connectivity index is 1.76. The third-order valence-electron chi connectivity index (χ3n) is 4.41. The molecule has 0 amide bonds. The summed E-state index contributed by atoms with van der Waals surface area (Å²) < 4.78 is 13.4. The molecule has 0 saturated carbocycles. The van der Waals surface area contributed by atoms with Crippen LogP contribution in [0, 0.1) is 19.7 Å². The van der Waals surface area contributed by atoms with E-state index in [4.69, 9.17) is 0 Å². The number of hydrogen-bond donors (Lipinski definition) is 1. The van der Waals surface area contributed by atoms with Gasteiger partial charge < -0.3 is 5.32 Å². The minimum absolute atomic E-state index is 0.246. The van der Waals surface area contributed by atoms with Crippen molar-refractivity contribution in [1.82, 2.24) is 10.2 Å². The number of anilines is 2. The molecule has 3 aromatic carbocycles. The smallest absolute Gasteiger partial charge is 0.123 e. The van der Waals surface area contributed by atoms with Gasteiger partial charge in [0, 0.05) is 27.7 Å². The maximum absolute atomic E-state index is 13.4. The summed E-state index contributed by atoms with van der Waals surface area (Å²) in [6.45, 7) is 3.95. The number of nitrogens with zero attached hydrogens (tertiary/aromatic N) is 2. The summed E-state index contributed by atoms with van der Waals surface area (Å²) >= 11 is 0. The van der Waals surface area contributed by atoms with Crippen LogP contribution in [0.2, 0.25) is 0 Å². The van der Waals surface area contributed by atoms with Gasteiger partial charge in [-0.15, -0.1) is 5.10 Å². The second-order valence-electron chi connectivity index (χ2n) is 6.45. The zero-order valence-electron chi connectivity index (χ0n) is 14.6. The lowest BCUT2D eigenvalue weighted by Gasteiger charge is -2.11. The summed E-state index contributed by atoms with van der Waals surface area (Å²) in [5, 5.41) is 13.8. The van der Waals surface area contributed by atoms with Gasteiger partial charge in [-0.3, -0.25) is 0 Å². The fourth-order valence-electron chi connectivity index (χ4n) is 3.15. The van der Waals surface area contributed by atoms with Crippen LogP contribution < -0.4 is 5.32 Å². The van der Waals surface area contributed by atoms with Crippen LogP contribution in [0.3, 0.4) is 0 Å². The molecule has 4 rings (SSSR count). The molecular weight excluding hydrogens is 325 g/mol. The van der Waals surface area contributed by atoms with Crippen LogP contribution in [0.4, 0.5) is 15.8 Å². The highest BCUT2D eigenvalue weighted by molar-refractivity contribution is 5.96. The van der Waals surface area contributed by atoms with E-state index in [9.17, 15) is 4.39 Å². The second-order valence-corrected chi connectivity index (χ2v) is 6.45. The standard InChI is InChI=1S/C22H18FN3/c1-14-4-3-5-18(10-14)25-19-7-9-21-16(12-19)13-24-26-22(21)20-8-6-17(23)11-15(20)2/h3-13,25H,1-2H3. The maximum Gasteiger partial charge on any atom is 0.123 e. The number of hydrogen-bond acceptors (Lipinski definition) is 3. The molecule has 4 aromatic rings. The third kappa shape index (κ3) is 3.14. The van der Waals surface area contributed by atoms with Gasteiger partial charge in [0.1, 0.15) is 11.5 Å². The lowest BCUT2D eigenvalue weighted by molar-refractivity contribution is 0.627. The van der Waals surface area contributed by atoms with Gasteiger partial charge in [0.2, 0.25) is 0 Å². The Bertz CT molecular complexity index is 1110. The average molecular weight is 343 g/mol. The van der Waals surface area contributed by atoms with Crippen molar-refractivity contribution in [3.05, 3.63) is 83.8 Å². The van der Waals surface area contributed by atoms with Crippen LogP contribution >= 0.6 is 0 Å². The van der Waals surface area contributed by atoms with Gasteiger partial charge in [0.05, 0.1) is 6.20 Å². The first-order valence-corrected chi connectivity index (χ1v) is 8.46. The molecule has 128 valence electrons. The minimum Gasteiger partial charge on any atom is -0.356 e. The molecule has 3 nitrogen and oxygen atoms in total. The van der Waals surface area contributed by atoms with E-state index >= 15 is 0 Å². The summed E-state index contributed by atoms with van der Waals surface area (Å²) in [6.07, 6.45) is 1.75. The van der Waals surface area contributed by atoms with Crippen molar-refractivity contribution in [1.29, 1.82) is 0 Å². The van der Waals surface area contributed by atoms with E-state index in [0.29, 0.717) is 0 Å². The van der Waals surface area contributed by atoms with Gasteiger partial charge in [-0.25, -0.2) is 4.39 Å². The molecule has 1 heterocycles. The van der Waals surface area contributed by atoms with Crippen LogP contribution in [-0.4, -0.2) is 10.2 Å². The van der Waals surface area contributed by atoms with Crippen LogP contribution in [-0.2, 0) is 0 Å². The van der Waals surface area contributed by atoms with E-state index in [1.807, 2.05) is 31.2 Å². The fourth-order valence-corrected chi connectivity index (χ4v) is 3.15. The Hall–Kier alpha value is -3.27. The largest absolute Gasteiger partial charge is 0.356 e. The zero-order valence-corrected chi connectivity index (χ0v) is 14.6. The number of halogens is 1. The van der Waals surface area contributed by atoms with Crippen molar-refractivity contribution in [3.63, 3.8) is 0 Å². The quantitative estimate of drug-likeness (QED) is 0.511. The van der Waals surface area contributed by atoms with E-state index in [-0.39, 0.29) is 5.82 Å². The number of aryl methyl sites for hydroxylation is 2. The molecule has 0 atom stereocenters. The highest BCUT2D eigenvalue weighted by Crippen LogP contribution is 2.30. The Morgan fingerprint density at radius 3 is 2.54 bits per heavy atom. The second kappa shape index (κ2) is 6.56. The molecule has 0 radical (unpaired) electrons. The molecule has 1 aromatic heterocycles. The van der Waals surface area contributed by atoms with Crippen molar-refractivity contribution in [2.75, 3.05) is 5.32 Å². The molecule has 26 heavy (non-hydrogen) atoms. The van der Waals surface area contributed by atoms with Crippen LogP contribution in [0.15, 0.2) is 66.9 Å². The van der Waals surface area contributed by atoms with E-state index < -0.39 is 0 Å². The molecule has 0 aliphatic carbocycles. The minimum atomic E-state index is -0.246. The third-order valence-corrected chi connectivity index (χ3v) is 4.41. The maximum atomic E-state index is 13.4. The molecular formula is C22H18FN3. The predicted molar refractivity (Wildman–Crippen MR) is 104 cm³/mol. The van der Waals surface area contributed by atoms with Gasteiger partial charge >= 0.3 is 0 Å². The Morgan fingerprint density at radius 1 is 0.885 bits per heavy atom. The Labute approximate surface area is 151 Å². The number of nitrogens with one attached hydrogen (secondary N) is 1. The molecule has 0 unspecified atom stereocenters. The van der Waals surface area contributed by atoms with Crippen LogP contribution in [0.5, 0.6) is 0 Å². The van der Waals surface area contributed by atoms with Crippen LogP contribution in [0.25, 0.3) is 22.0 Å². The van der Waals surface area contributed by atoms with Gasteiger partial charge in [0.25, 0.3) is 0 Å². The van der Waals surface area contributed by atoms with Gasteiger partial charge in [-0.1, -0.05) is 12.1 Å². The number of rotatable bonds is 3. The van der Waals surface area contributed by atoms with E-state index in [1.165, 1.54) is 17.7 Å². The summed E-state index contributed by atoms with van der Waals surface area (Å²) in [4.78, 5) is 0. The van der Waals surface area contributed by atoms with E-state index in [1.54, 1.807) is 12.3 Å². The van der Waals surface area contributed by atoms with Crippen molar-refractivity contribution < 1.29 is 4.39 Å². The first kappa shape index (κ1) is 16.2. The lowest BCUT2D eigenvalue weighted by Crippen LogP contribution is -1.95. The summed E-state index contributed by atoms with van der Waals surface area (Å²) in [5.74, 6) is -0.246. The Kier molecular flexibility index (Phi) is 4.09. The van der Waals surface area contributed by atoms with E-state index in [0.717, 1.165) is 39.0 Å². The van der Waals surface area contributed by atoms with Crippen molar-refractivity contribution in [2.45, 2.75) is 13.8 Å². The van der Waals surface area contributed by atoms with Crippen LogP contribution in [0.1, 0.15) is 11.1 Å². The molecule has 4 heteroatoms.